The zero-order valence-corrected chi connectivity index (χ0v) is 20.4. The fourth-order valence-electron chi connectivity index (χ4n) is 4.45. The van der Waals surface area contributed by atoms with Gasteiger partial charge in [-0.25, -0.2) is 9.37 Å². The first-order valence-corrected chi connectivity index (χ1v) is 11.6. The molecule has 12 heteroatoms. The Balaban J connectivity index is 1.62. The minimum absolute atomic E-state index is 0.0676. The van der Waals surface area contributed by atoms with Crippen LogP contribution in [0.1, 0.15) is 28.7 Å². The third-order valence-corrected chi connectivity index (χ3v) is 6.19. The molecule has 0 aliphatic carbocycles. The lowest BCUT2D eigenvalue weighted by Crippen LogP contribution is -2.37. The number of nitrogens with zero attached hydrogens (tertiary/aromatic N) is 6. The molecule has 5 heterocycles. The van der Waals surface area contributed by atoms with Crippen LogP contribution < -0.4 is 10.9 Å². The van der Waals surface area contributed by atoms with Gasteiger partial charge in [-0.1, -0.05) is 0 Å². The van der Waals surface area contributed by atoms with E-state index in [0.29, 0.717) is 5.69 Å². The predicted octanol–water partition coefficient (Wildman–Crippen LogP) is 2.03. The Morgan fingerprint density at radius 2 is 2.03 bits per heavy atom. The second-order valence-electron chi connectivity index (χ2n) is 8.85. The van der Waals surface area contributed by atoms with E-state index in [4.69, 9.17) is 4.74 Å². The average molecular weight is 506 g/mol. The number of aromatic nitrogens is 5. The van der Waals surface area contributed by atoms with Gasteiger partial charge in [0.25, 0.3) is 11.5 Å². The number of anilines is 1. The lowest BCUT2D eigenvalue weighted by atomic mass is 10.2. The summed E-state index contributed by atoms with van der Waals surface area (Å²) in [5, 5.41) is 7.11. The molecule has 37 heavy (non-hydrogen) atoms. The van der Waals surface area contributed by atoms with Crippen molar-refractivity contribution in [1.82, 2.24) is 29.0 Å². The molecule has 1 N–H and O–H groups in total. The normalized spacial score (nSPS) is 13.7. The Morgan fingerprint density at radius 3 is 2.73 bits per heavy atom. The lowest BCUT2D eigenvalue weighted by molar-refractivity contribution is -0.116. The van der Waals surface area contributed by atoms with Gasteiger partial charge in [0.15, 0.2) is 0 Å². The van der Waals surface area contributed by atoms with E-state index in [9.17, 15) is 18.8 Å². The van der Waals surface area contributed by atoms with Crippen LogP contribution in [-0.4, -0.2) is 60.6 Å². The molecule has 1 aliphatic rings. The van der Waals surface area contributed by atoms with E-state index in [1.54, 1.807) is 18.3 Å². The SMILES string of the molecule is COCC(C)N1Cc2c(n(CC(=O)Nc3ccc(F)cn3)c3cc(-c4ccnc(C)c4)nn3c2=O)C1=O. The van der Waals surface area contributed by atoms with Crippen LogP contribution in [0.2, 0.25) is 0 Å². The lowest BCUT2D eigenvalue weighted by Gasteiger charge is -2.23. The van der Waals surface area contributed by atoms with Crippen LogP contribution in [0.4, 0.5) is 10.2 Å². The molecule has 4 aromatic rings. The maximum atomic E-state index is 13.5. The number of nitrogens with one attached hydrogen (secondary N) is 1. The molecule has 0 fully saturated rings. The average Bonchev–Trinajstić information content (AvgIpc) is 3.46. The molecule has 0 saturated heterocycles. The fraction of sp³-hybridized carbons (Fsp3) is 0.280. The maximum Gasteiger partial charge on any atom is 0.280 e. The molecule has 5 rings (SSSR count). The highest BCUT2D eigenvalue weighted by atomic mass is 19.1. The molecule has 0 saturated carbocycles. The molecule has 2 amide bonds. The van der Waals surface area contributed by atoms with Crippen molar-refractivity contribution in [2.45, 2.75) is 33.0 Å². The number of amides is 2. The Kier molecular flexibility index (Phi) is 6.25. The summed E-state index contributed by atoms with van der Waals surface area (Å²) in [4.78, 5) is 49.6. The van der Waals surface area contributed by atoms with Crippen LogP contribution in [-0.2, 0) is 22.6 Å². The fourth-order valence-corrected chi connectivity index (χ4v) is 4.45. The molecule has 1 aliphatic heterocycles. The number of methoxy groups -OCH3 is 1. The van der Waals surface area contributed by atoms with E-state index in [-0.39, 0.29) is 54.4 Å². The van der Waals surface area contributed by atoms with Crippen molar-refractivity contribution in [2.24, 2.45) is 0 Å². The van der Waals surface area contributed by atoms with Crippen molar-refractivity contribution in [3.8, 4) is 11.3 Å². The molecule has 0 aromatic carbocycles. The number of hydrogen-bond donors (Lipinski definition) is 1. The van der Waals surface area contributed by atoms with E-state index in [1.807, 2.05) is 19.9 Å². The molecular weight excluding hydrogens is 481 g/mol. The quantitative estimate of drug-likeness (QED) is 0.408. The molecule has 4 aromatic heterocycles. The number of rotatable bonds is 7. The summed E-state index contributed by atoms with van der Waals surface area (Å²) in [6, 6.07) is 7.48. The number of fused-ring (bicyclic) bond motifs is 2. The zero-order valence-electron chi connectivity index (χ0n) is 20.4. The van der Waals surface area contributed by atoms with Crippen molar-refractivity contribution in [3.05, 3.63) is 75.8 Å². The van der Waals surface area contributed by atoms with Crippen molar-refractivity contribution in [2.75, 3.05) is 19.0 Å². The van der Waals surface area contributed by atoms with Crippen molar-refractivity contribution in [1.29, 1.82) is 0 Å². The van der Waals surface area contributed by atoms with E-state index in [1.165, 1.54) is 33.2 Å². The molecular formula is C25H24FN7O4. The number of carbonyl (C=O) groups excluding carboxylic acids is 2. The molecule has 0 bridgehead atoms. The summed E-state index contributed by atoms with van der Waals surface area (Å²) < 4.78 is 21.1. The van der Waals surface area contributed by atoms with Gasteiger partial charge in [0.05, 0.1) is 36.6 Å². The number of aryl methyl sites for hydroxylation is 1. The van der Waals surface area contributed by atoms with Gasteiger partial charge in [-0.05, 0) is 38.1 Å². The smallest absolute Gasteiger partial charge is 0.280 e. The second kappa shape index (κ2) is 9.54. The summed E-state index contributed by atoms with van der Waals surface area (Å²) in [5.74, 6) is -1.27. The van der Waals surface area contributed by atoms with Crippen LogP contribution >= 0.6 is 0 Å². The van der Waals surface area contributed by atoms with Gasteiger partial charge in [-0.15, -0.1) is 0 Å². The van der Waals surface area contributed by atoms with Crippen LogP contribution in [0.3, 0.4) is 0 Å². The topological polar surface area (TPSA) is 124 Å². The Morgan fingerprint density at radius 1 is 1.22 bits per heavy atom. The third-order valence-electron chi connectivity index (χ3n) is 6.19. The van der Waals surface area contributed by atoms with Gasteiger partial charge in [-0.2, -0.15) is 9.61 Å². The molecule has 0 spiro atoms. The first kappa shape index (κ1) is 24.3. The van der Waals surface area contributed by atoms with Gasteiger partial charge < -0.3 is 19.5 Å². The van der Waals surface area contributed by atoms with E-state index in [2.05, 4.69) is 20.4 Å². The van der Waals surface area contributed by atoms with Crippen LogP contribution in [0.5, 0.6) is 0 Å². The molecule has 1 unspecified atom stereocenters. The van der Waals surface area contributed by atoms with Gasteiger partial charge in [-0.3, -0.25) is 19.4 Å². The molecule has 11 nitrogen and oxygen atoms in total. The van der Waals surface area contributed by atoms with Gasteiger partial charge in [0.1, 0.15) is 29.5 Å². The van der Waals surface area contributed by atoms with Crippen LogP contribution in [0.25, 0.3) is 16.9 Å². The summed E-state index contributed by atoms with van der Waals surface area (Å²) in [6.45, 7) is 3.72. The highest BCUT2D eigenvalue weighted by Crippen LogP contribution is 2.26. The van der Waals surface area contributed by atoms with Gasteiger partial charge in [0, 0.05) is 30.6 Å². The van der Waals surface area contributed by atoms with Crippen LogP contribution in [0, 0.1) is 12.7 Å². The maximum absolute atomic E-state index is 13.5. The predicted molar refractivity (Wildman–Crippen MR) is 131 cm³/mol. The number of carbonyl (C=O) groups is 2. The number of ether oxygens (including phenoxy) is 1. The Hall–Kier alpha value is -4.45. The van der Waals surface area contributed by atoms with Crippen molar-refractivity contribution >= 4 is 23.3 Å². The molecule has 190 valence electrons. The molecule has 0 radical (unpaired) electrons. The number of pyridine rings is 2. The van der Waals surface area contributed by atoms with E-state index >= 15 is 0 Å². The third kappa shape index (κ3) is 4.47. The summed E-state index contributed by atoms with van der Waals surface area (Å²) in [7, 11) is 1.54. The Labute approximate surface area is 210 Å². The summed E-state index contributed by atoms with van der Waals surface area (Å²) in [5.41, 5.74) is 2.23. The Bertz CT molecular complexity index is 1580. The minimum Gasteiger partial charge on any atom is -0.383 e. The first-order chi connectivity index (χ1) is 17.8. The van der Waals surface area contributed by atoms with Gasteiger partial charge in [0.2, 0.25) is 5.91 Å². The second-order valence-corrected chi connectivity index (χ2v) is 8.85. The van der Waals surface area contributed by atoms with Gasteiger partial charge >= 0.3 is 0 Å². The van der Waals surface area contributed by atoms with E-state index in [0.717, 1.165) is 17.5 Å². The largest absolute Gasteiger partial charge is 0.383 e. The summed E-state index contributed by atoms with van der Waals surface area (Å²) >= 11 is 0. The van der Waals surface area contributed by atoms with Crippen LogP contribution in [0.15, 0.2) is 47.5 Å². The molecule has 1 atom stereocenters. The summed E-state index contributed by atoms with van der Waals surface area (Å²) in [6.07, 6.45) is 2.63. The van der Waals surface area contributed by atoms with Crippen molar-refractivity contribution < 1.29 is 18.7 Å². The zero-order chi connectivity index (χ0) is 26.3. The standard InChI is InChI=1S/C25H24FN7O4/c1-14-8-16(6-7-27-14)19-9-22-32(12-21(34)29-20-5-4-17(26)10-28-20)23-18(24(35)33(22)30-19)11-31(25(23)36)15(2)13-37-3/h4-10,15H,11-13H2,1-3H3,(H,28,29,34). The van der Waals surface area contributed by atoms with Crippen molar-refractivity contribution in [3.63, 3.8) is 0 Å². The highest BCUT2D eigenvalue weighted by Gasteiger charge is 2.37. The number of halogens is 1. The monoisotopic (exact) mass is 505 g/mol. The first-order valence-electron chi connectivity index (χ1n) is 11.6. The number of hydrogen-bond acceptors (Lipinski definition) is 7. The highest BCUT2D eigenvalue weighted by molar-refractivity contribution is 5.99. The van der Waals surface area contributed by atoms with E-state index < -0.39 is 17.3 Å². The minimum atomic E-state index is -0.535.